The first kappa shape index (κ1) is 20.1. The third kappa shape index (κ3) is 5.02. The molecule has 0 atom stereocenters. The van der Waals surface area contributed by atoms with Crippen molar-refractivity contribution in [1.82, 2.24) is 10.2 Å². The lowest BCUT2D eigenvalue weighted by Crippen LogP contribution is -2.16. The predicted molar refractivity (Wildman–Crippen MR) is 100 cm³/mol. The van der Waals surface area contributed by atoms with Crippen LogP contribution in [0.1, 0.15) is 20.7 Å². The van der Waals surface area contributed by atoms with Crippen LogP contribution in [0.2, 0.25) is 0 Å². The monoisotopic (exact) mass is 417 g/mol. The van der Waals surface area contributed by atoms with Crippen LogP contribution in [-0.4, -0.2) is 48.0 Å². The zero-order valence-electron chi connectivity index (χ0n) is 15.3. The number of carbonyl (C=O) groups is 3. The van der Waals surface area contributed by atoms with E-state index >= 15 is 0 Å². The van der Waals surface area contributed by atoms with Crippen molar-refractivity contribution >= 4 is 35.3 Å². The molecule has 0 saturated heterocycles. The zero-order valence-corrected chi connectivity index (χ0v) is 16.1. The fraction of sp³-hybridized carbons (Fsp3) is 0.167. The van der Waals surface area contributed by atoms with Gasteiger partial charge in [-0.25, -0.2) is 9.59 Å². The van der Waals surface area contributed by atoms with Gasteiger partial charge in [0.15, 0.2) is 5.76 Å². The van der Waals surface area contributed by atoms with Gasteiger partial charge in [-0.15, -0.1) is 10.2 Å². The van der Waals surface area contributed by atoms with Gasteiger partial charge < -0.3 is 23.6 Å². The maximum atomic E-state index is 12.2. The molecule has 150 valence electrons. The quantitative estimate of drug-likeness (QED) is 0.451. The van der Waals surface area contributed by atoms with Crippen molar-refractivity contribution in [3.63, 3.8) is 0 Å². The fourth-order valence-corrected chi connectivity index (χ4v) is 2.83. The lowest BCUT2D eigenvalue weighted by atomic mass is 10.1. The van der Waals surface area contributed by atoms with Crippen molar-refractivity contribution in [1.29, 1.82) is 0 Å². The lowest BCUT2D eigenvalue weighted by molar-refractivity contribution is -0.113. The number of furan rings is 1. The number of rotatable bonds is 7. The summed E-state index contributed by atoms with van der Waals surface area (Å²) in [5.74, 6) is -1.15. The first-order valence-electron chi connectivity index (χ1n) is 8.12. The Bertz CT molecular complexity index is 996. The molecule has 1 amide bonds. The van der Waals surface area contributed by atoms with Crippen LogP contribution in [0.5, 0.6) is 0 Å². The van der Waals surface area contributed by atoms with E-state index in [0.717, 1.165) is 11.8 Å². The SMILES string of the molecule is COC(=O)c1cc(NC(=O)CSc2nnc(-c3ccco3)o2)cc(C(=O)OC)c1. The van der Waals surface area contributed by atoms with E-state index in [1.807, 2.05) is 0 Å². The van der Waals surface area contributed by atoms with Gasteiger partial charge >= 0.3 is 11.9 Å². The van der Waals surface area contributed by atoms with Gasteiger partial charge in [0.05, 0.1) is 37.4 Å². The van der Waals surface area contributed by atoms with Gasteiger partial charge in [-0.3, -0.25) is 4.79 Å². The predicted octanol–water partition coefficient (Wildman–Crippen LogP) is 2.63. The number of esters is 2. The standard InChI is InChI=1S/C18H15N3O7S/c1-25-16(23)10-6-11(17(24)26-2)8-12(7-10)19-14(22)9-29-18-21-20-15(28-18)13-4-3-5-27-13/h3-8H,9H2,1-2H3,(H,19,22). The molecule has 10 nitrogen and oxygen atoms in total. The molecule has 0 aliphatic rings. The summed E-state index contributed by atoms with van der Waals surface area (Å²) in [6.07, 6.45) is 1.48. The fourth-order valence-electron chi connectivity index (χ4n) is 2.26. The molecular weight excluding hydrogens is 402 g/mol. The molecular formula is C18H15N3O7S. The Balaban J connectivity index is 1.66. The molecule has 0 saturated carbocycles. The molecule has 0 radical (unpaired) electrons. The Hall–Kier alpha value is -3.60. The van der Waals surface area contributed by atoms with Gasteiger partial charge in [-0.05, 0) is 30.3 Å². The second-order valence-electron chi connectivity index (χ2n) is 5.47. The molecule has 0 fully saturated rings. The summed E-state index contributed by atoms with van der Waals surface area (Å²) in [6.45, 7) is 0. The molecule has 3 rings (SSSR count). The molecule has 1 N–H and O–H groups in total. The highest BCUT2D eigenvalue weighted by molar-refractivity contribution is 7.99. The molecule has 0 aliphatic carbocycles. The number of nitrogens with zero attached hydrogens (tertiary/aromatic N) is 2. The second-order valence-corrected chi connectivity index (χ2v) is 6.40. The lowest BCUT2D eigenvalue weighted by Gasteiger charge is -2.09. The Labute approximate surface area is 168 Å². The van der Waals surface area contributed by atoms with Gasteiger partial charge in [-0.1, -0.05) is 11.8 Å². The summed E-state index contributed by atoms with van der Waals surface area (Å²) in [4.78, 5) is 35.8. The molecule has 3 aromatic rings. The van der Waals surface area contributed by atoms with Gasteiger partial charge in [0.1, 0.15) is 0 Å². The molecule has 0 unspecified atom stereocenters. The van der Waals surface area contributed by atoms with Gasteiger partial charge in [0, 0.05) is 5.69 Å². The van der Waals surface area contributed by atoms with Crippen LogP contribution in [0.15, 0.2) is 50.7 Å². The first-order chi connectivity index (χ1) is 14.0. The van der Waals surface area contributed by atoms with E-state index in [9.17, 15) is 14.4 Å². The van der Waals surface area contributed by atoms with E-state index in [1.165, 1.54) is 38.7 Å². The summed E-state index contributed by atoms with van der Waals surface area (Å²) in [6, 6.07) is 7.45. The van der Waals surface area contributed by atoms with E-state index in [1.54, 1.807) is 12.1 Å². The number of nitrogens with one attached hydrogen (secondary N) is 1. The number of anilines is 1. The Morgan fingerprint density at radius 2 is 1.76 bits per heavy atom. The Morgan fingerprint density at radius 1 is 1.07 bits per heavy atom. The average Bonchev–Trinajstić information content (AvgIpc) is 3.42. The van der Waals surface area contributed by atoms with E-state index in [2.05, 4.69) is 25.0 Å². The number of carbonyl (C=O) groups excluding carboxylic acids is 3. The number of ether oxygens (including phenoxy) is 2. The van der Waals surface area contributed by atoms with Crippen LogP contribution >= 0.6 is 11.8 Å². The van der Waals surface area contributed by atoms with Gasteiger partial charge in [0.2, 0.25) is 5.91 Å². The number of benzene rings is 1. The molecule has 2 aromatic heterocycles. The molecule has 2 heterocycles. The number of aromatic nitrogens is 2. The van der Waals surface area contributed by atoms with Crippen molar-refractivity contribution in [2.45, 2.75) is 5.22 Å². The smallest absolute Gasteiger partial charge is 0.337 e. The Kier molecular flexibility index (Phi) is 6.29. The van der Waals surface area contributed by atoms with E-state index in [-0.39, 0.29) is 33.7 Å². The molecule has 1 aromatic carbocycles. The average molecular weight is 417 g/mol. The maximum absolute atomic E-state index is 12.2. The highest BCUT2D eigenvalue weighted by atomic mass is 32.2. The largest absolute Gasteiger partial charge is 0.465 e. The van der Waals surface area contributed by atoms with Crippen LogP contribution < -0.4 is 5.32 Å². The zero-order chi connectivity index (χ0) is 20.8. The highest BCUT2D eigenvalue weighted by Crippen LogP contribution is 2.24. The second kappa shape index (κ2) is 9.06. The molecule has 0 spiro atoms. The molecule has 0 bridgehead atoms. The number of hydrogen-bond acceptors (Lipinski definition) is 10. The third-order valence-corrected chi connectivity index (χ3v) is 4.34. The Morgan fingerprint density at radius 3 is 2.34 bits per heavy atom. The van der Waals surface area contributed by atoms with Crippen LogP contribution in [-0.2, 0) is 14.3 Å². The minimum Gasteiger partial charge on any atom is -0.465 e. The number of thioether (sulfide) groups is 1. The molecule has 11 heteroatoms. The van der Waals surface area contributed by atoms with Crippen molar-refractivity contribution in [3.05, 3.63) is 47.7 Å². The van der Waals surface area contributed by atoms with Gasteiger partial charge in [0.25, 0.3) is 11.1 Å². The summed E-state index contributed by atoms with van der Waals surface area (Å²) in [7, 11) is 2.42. The van der Waals surface area contributed by atoms with Crippen molar-refractivity contribution < 1.29 is 32.7 Å². The first-order valence-corrected chi connectivity index (χ1v) is 9.10. The summed E-state index contributed by atoms with van der Waals surface area (Å²) >= 11 is 1.02. The van der Waals surface area contributed by atoms with Crippen LogP contribution in [0.4, 0.5) is 5.69 Å². The van der Waals surface area contributed by atoms with Crippen LogP contribution in [0, 0.1) is 0 Å². The maximum Gasteiger partial charge on any atom is 0.337 e. The highest BCUT2D eigenvalue weighted by Gasteiger charge is 2.16. The topological polar surface area (TPSA) is 134 Å². The molecule has 29 heavy (non-hydrogen) atoms. The van der Waals surface area contributed by atoms with E-state index in [0.29, 0.717) is 5.76 Å². The van der Waals surface area contributed by atoms with E-state index in [4.69, 9.17) is 8.83 Å². The summed E-state index contributed by atoms with van der Waals surface area (Å²) < 4.78 is 19.9. The summed E-state index contributed by atoms with van der Waals surface area (Å²) in [5.41, 5.74) is 0.428. The summed E-state index contributed by atoms with van der Waals surface area (Å²) in [5, 5.41) is 10.5. The minimum absolute atomic E-state index is 0.0458. The number of methoxy groups -OCH3 is 2. The number of hydrogen-bond donors (Lipinski definition) is 1. The van der Waals surface area contributed by atoms with Crippen molar-refractivity contribution in [3.8, 4) is 11.7 Å². The molecule has 0 aliphatic heterocycles. The normalized spacial score (nSPS) is 10.4. The number of amides is 1. The third-order valence-electron chi connectivity index (χ3n) is 3.52. The van der Waals surface area contributed by atoms with Crippen molar-refractivity contribution in [2.75, 3.05) is 25.3 Å². The van der Waals surface area contributed by atoms with Crippen molar-refractivity contribution in [2.24, 2.45) is 0 Å². The van der Waals surface area contributed by atoms with Crippen LogP contribution in [0.25, 0.3) is 11.7 Å². The van der Waals surface area contributed by atoms with Crippen LogP contribution in [0.3, 0.4) is 0 Å². The minimum atomic E-state index is -0.656. The van der Waals surface area contributed by atoms with Gasteiger partial charge in [-0.2, -0.15) is 0 Å². The van der Waals surface area contributed by atoms with E-state index < -0.39 is 17.8 Å².